The Bertz CT molecular complexity index is 1130. The van der Waals surface area contributed by atoms with E-state index in [0.717, 1.165) is 30.5 Å². The van der Waals surface area contributed by atoms with Gasteiger partial charge in [0.1, 0.15) is 17.2 Å². The van der Waals surface area contributed by atoms with Crippen LogP contribution >= 0.6 is 0 Å². The first-order valence-electron chi connectivity index (χ1n) is 13.1. The quantitative estimate of drug-likeness (QED) is 0.306. The number of nitrogens with zero attached hydrogens (tertiary/aromatic N) is 4. The summed E-state index contributed by atoms with van der Waals surface area (Å²) in [4.78, 5) is 26.2. The van der Waals surface area contributed by atoms with Crippen molar-refractivity contribution in [2.24, 2.45) is 0 Å². The number of carbonyl (C=O) groups is 1. The molecule has 3 aromatic rings. The Labute approximate surface area is 215 Å². The highest BCUT2D eigenvalue weighted by atomic mass is 16.5. The molecule has 1 amide bonds. The van der Waals surface area contributed by atoms with E-state index in [1.165, 1.54) is 24.8 Å². The standard InChI is InChI=1S/C30H38N4O2/c1-4-5-6-10-17-28(24-13-8-7-9-14-24)36-22-26-16-12-11-15-25(26)21-34-19-18-33(3)29-27(30(34)35)20-31-23(2)32-29/h7-9,11-16,20,28H,4-6,10,17-19,21-22H2,1-3H3. The van der Waals surface area contributed by atoms with Crippen molar-refractivity contribution in [1.29, 1.82) is 0 Å². The number of carbonyl (C=O) groups excluding carboxylic acids is 1. The van der Waals surface area contributed by atoms with Crippen LogP contribution in [0.5, 0.6) is 0 Å². The minimum Gasteiger partial charge on any atom is -0.369 e. The van der Waals surface area contributed by atoms with E-state index in [1.54, 1.807) is 6.20 Å². The Hall–Kier alpha value is -3.25. The van der Waals surface area contributed by atoms with Gasteiger partial charge in [-0.2, -0.15) is 0 Å². The smallest absolute Gasteiger partial charge is 0.259 e. The van der Waals surface area contributed by atoms with Gasteiger partial charge in [-0.05, 0) is 30.0 Å². The van der Waals surface area contributed by atoms with Crippen molar-refractivity contribution >= 4 is 11.7 Å². The van der Waals surface area contributed by atoms with E-state index in [1.807, 2.05) is 42.0 Å². The van der Waals surface area contributed by atoms with Gasteiger partial charge in [0.2, 0.25) is 0 Å². The number of rotatable bonds is 11. The molecular weight excluding hydrogens is 448 g/mol. The minimum absolute atomic E-state index is 0.0249. The first-order valence-corrected chi connectivity index (χ1v) is 13.1. The van der Waals surface area contributed by atoms with Crippen molar-refractivity contribution in [3.8, 4) is 0 Å². The summed E-state index contributed by atoms with van der Waals surface area (Å²) in [5.74, 6) is 1.36. The fourth-order valence-electron chi connectivity index (χ4n) is 4.72. The number of aryl methyl sites for hydroxylation is 1. The second kappa shape index (κ2) is 12.6. The van der Waals surface area contributed by atoms with Crippen LogP contribution in [0.4, 0.5) is 5.82 Å². The summed E-state index contributed by atoms with van der Waals surface area (Å²) in [6, 6.07) is 18.8. The van der Waals surface area contributed by atoms with Crippen molar-refractivity contribution in [2.45, 2.75) is 65.2 Å². The molecule has 2 heterocycles. The Morgan fingerprint density at radius 1 is 0.972 bits per heavy atom. The molecule has 6 nitrogen and oxygen atoms in total. The molecule has 0 spiro atoms. The van der Waals surface area contributed by atoms with Crippen molar-refractivity contribution in [2.75, 3.05) is 25.0 Å². The molecule has 190 valence electrons. The highest BCUT2D eigenvalue weighted by Gasteiger charge is 2.27. The van der Waals surface area contributed by atoms with Gasteiger partial charge in [-0.1, -0.05) is 87.2 Å². The van der Waals surface area contributed by atoms with Crippen molar-refractivity contribution in [3.63, 3.8) is 0 Å². The molecule has 6 heteroatoms. The van der Waals surface area contributed by atoms with Gasteiger partial charge in [-0.15, -0.1) is 0 Å². The van der Waals surface area contributed by atoms with Crippen molar-refractivity contribution in [3.05, 3.63) is 88.9 Å². The number of aromatic nitrogens is 2. The van der Waals surface area contributed by atoms with E-state index in [-0.39, 0.29) is 12.0 Å². The van der Waals surface area contributed by atoms with E-state index in [9.17, 15) is 4.79 Å². The molecule has 2 aromatic carbocycles. The Morgan fingerprint density at radius 3 is 2.50 bits per heavy atom. The monoisotopic (exact) mass is 486 g/mol. The number of hydrogen-bond donors (Lipinski definition) is 0. The molecule has 0 fully saturated rings. The fraction of sp³-hybridized carbons (Fsp3) is 0.433. The molecule has 1 atom stereocenters. The molecule has 1 aliphatic rings. The maximum atomic E-state index is 13.4. The van der Waals surface area contributed by atoms with Gasteiger partial charge in [0.25, 0.3) is 5.91 Å². The van der Waals surface area contributed by atoms with Crippen molar-refractivity contribution < 1.29 is 9.53 Å². The molecule has 1 aliphatic heterocycles. The number of benzene rings is 2. The number of ether oxygens (including phenoxy) is 1. The third-order valence-electron chi connectivity index (χ3n) is 6.88. The second-order valence-electron chi connectivity index (χ2n) is 9.63. The first-order chi connectivity index (χ1) is 17.6. The third-order valence-corrected chi connectivity index (χ3v) is 6.88. The van der Waals surface area contributed by atoms with Crippen LogP contribution in [-0.4, -0.2) is 40.9 Å². The maximum absolute atomic E-state index is 13.4. The van der Waals surface area contributed by atoms with Crippen LogP contribution in [0.15, 0.2) is 60.8 Å². The van der Waals surface area contributed by atoms with Crippen molar-refractivity contribution in [1.82, 2.24) is 14.9 Å². The third kappa shape index (κ3) is 6.49. The van der Waals surface area contributed by atoms with E-state index >= 15 is 0 Å². The number of anilines is 1. The summed E-state index contributed by atoms with van der Waals surface area (Å²) in [6.45, 7) is 6.49. The summed E-state index contributed by atoms with van der Waals surface area (Å²) >= 11 is 0. The molecular formula is C30H38N4O2. The summed E-state index contributed by atoms with van der Waals surface area (Å²) in [5.41, 5.74) is 4.02. The molecule has 0 saturated heterocycles. The molecule has 0 bridgehead atoms. The van der Waals surface area contributed by atoms with Gasteiger partial charge >= 0.3 is 0 Å². The Morgan fingerprint density at radius 2 is 1.72 bits per heavy atom. The predicted molar refractivity (Wildman–Crippen MR) is 144 cm³/mol. The highest BCUT2D eigenvalue weighted by Crippen LogP contribution is 2.27. The summed E-state index contributed by atoms with van der Waals surface area (Å²) in [5, 5.41) is 0. The summed E-state index contributed by atoms with van der Waals surface area (Å²) in [6.07, 6.45) is 7.62. The zero-order valence-electron chi connectivity index (χ0n) is 21.8. The number of unbranched alkanes of at least 4 members (excludes halogenated alkanes) is 3. The molecule has 36 heavy (non-hydrogen) atoms. The van der Waals surface area contributed by atoms with Gasteiger partial charge in [-0.3, -0.25) is 4.79 Å². The number of amides is 1. The van der Waals surface area contributed by atoms with Crippen LogP contribution in [0.3, 0.4) is 0 Å². The molecule has 0 N–H and O–H groups in total. The largest absolute Gasteiger partial charge is 0.369 e. The molecule has 0 aliphatic carbocycles. The fourth-order valence-corrected chi connectivity index (χ4v) is 4.72. The minimum atomic E-state index is -0.0249. The van der Waals surface area contributed by atoms with Crippen LogP contribution in [-0.2, 0) is 17.9 Å². The van der Waals surface area contributed by atoms with Crippen LogP contribution in [0, 0.1) is 6.92 Å². The lowest BCUT2D eigenvalue weighted by Gasteiger charge is -2.24. The number of fused-ring (bicyclic) bond motifs is 1. The van der Waals surface area contributed by atoms with E-state index < -0.39 is 0 Å². The van der Waals surface area contributed by atoms with Crippen LogP contribution in [0.1, 0.15) is 78.0 Å². The Balaban J connectivity index is 1.48. The van der Waals surface area contributed by atoms with Crippen LogP contribution in [0.2, 0.25) is 0 Å². The van der Waals surface area contributed by atoms with Gasteiger partial charge in [0, 0.05) is 32.9 Å². The second-order valence-corrected chi connectivity index (χ2v) is 9.63. The first kappa shape index (κ1) is 25.8. The highest BCUT2D eigenvalue weighted by molar-refractivity contribution is 5.99. The SMILES string of the molecule is CCCCCCC(OCc1ccccc1CN1CCN(C)c2nc(C)ncc2C1=O)c1ccccc1. The lowest BCUT2D eigenvalue weighted by atomic mass is 10.0. The Kier molecular flexibility index (Phi) is 9.06. The van der Waals surface area contributed by atoms with E-state index in [0.29, 0.717) is 36.9 Å². The molecule has 4 rings (SSSR count). The average molecular weight is 487 g/mol. The summed E-state index contributed by atoms with van der Waals surface area (Å²) < 4.78 is 6.53. The zero-order chi connectivity index (χ0) is 25.3. The lowest BCUT2D eigenvalue weighted by Crippen LogP contribution is -2.33. The zero-order valence-corrected chi connectivity index (χ0v) is 21.8. The average Bonchev–Trinajstić information content (AvgIpc) is 3.01. The van der Waals surface area contributed by atoms with Gasteiger partial charge in [0.05, 0.1) is 12.7 Å². The molecule has 0 saturated carbocycles. The van der Waals surface area contributed by atoms with Gasteiger partial charge in [0.15, 0.2) is 0 Å². The van der Waals surface area contributed by atoms with E-state index in [4.69, 9.17) is 4.74 Å². The predicted octanol–water partition coefficient (Wildman–Crippen LogP) is 6.11. The number of hydrogen-bond acceptors (Lipinski definition) is 5. The lowest BCUT2D eigenvalue weighted by molar-refractivity contribution is 0.0314. The van der Waals surface area contributed by atoms with Crippen LogP contribution < -0.4 is 4.90 Å². The molecule has 1 unspecified atom stereocenters. The molecule has 0 radical (unpaired) electrons. The van der Waals surface area contributed by atoms with Gasteiger partial charge in [-0.25, -0.2) is 9.97 Å². The van der Waals surface area contributed by atoms with E-state index in [2.05, 4.69) is 53.3 Å². The topological polar surface area (TPSA) is 58.6 Å². The number of likely N-dealkylation sites (N-methyl/N-ethyl adjacent to an activating group) is 1. The molecule has 1 aromatic heterocycles. The normalized spacial score (nSPS) is 14.5. The van der Waals surface area contributed by atoms with Crippen LogP contribution in [0.25, 0.3) is 0 Å². The summed E-state index contributed by atoms with van der Waals surface area (Å²) in [7, 11) is 1.98. The maximum Gasteiger partial charge on any atom is 0.259 e. The van der Waals surface area contributed by atoms with Gasteiger partial charge < -0.3 is 14.5 Å².